The third-order valence-corrected chi connectivity index (χ3v) is 5.96. The first-order valence-corrected chi connectivity index (χ1v) is 10.1. The molecule has 1 aliphatic heterocycles. The molecule has 2 aromatic carbocycles. The number of rotatable bonds is 3. The van der Waals surface area contributed by atoms with E-state index in [9.17, 15) is 22.0 Å². The minimum Gasteiger partial charge on any atom is -0.490 e. The Bertz CT molecular complexity index is 1130. The van der Waals surface area contributed by atoms with Gasteiger partial charge in [0.15, 0.2) is 5.75 Å². The largest absolute Gasteiger partial charge is 0.490 e. The standard InChI is InChI=1S/C19H17F2N3O4S/c1-10(2)15-9-28-18-16(29(26,27)24-15)6-5-14(21)17(18)19(25)23-12-3-4-13(20)11(7-12)8-22/h3-7,10,15,24H,9H2,1-2H3,(H,23,25)/t15-/m0/s1. The topological polar surface area (TPSA) is 108 Å². The van der Waals surface area contributed by atoms with Gasteiger partial charge >= 0.3 is 0 Å². The van der Waals surface area contributed by atoms with Gasteiger partial charge < -0.3 is 10.1 Å². The zero-order valence-electron chi connectivity index (χ0n) is 15.5. The van der Waals surface area contributed by atoms with Crippen molar-refractivity contribution in [1.82, 2.24) is 4.72 Å². The lowest BCUT2D eigenvalue weighted by Gasteiger charge is -2.18. The van der Waals surface area contributed by atoms with Gasteiger partial charge in [-0.2, -0.15) is 5.26 Å². The number of benzene rings is 2. The maximum Gasteiger partial charge on any atom is 0.262 e. The summed E-state index contributed by atoms with van der Waals surface area (Å²) in [5, 5.41) is 11.2. The van der Waals surface area contributed by atoms with Crippen LogP contribution in [0.15, 0.2) is 35.2 Å². The summed E-state index contributed by atoms with van der Waals surface area (Å²) < 4.78 is 61.3. The van der Waals surface area contributed by atoms with E-state index in [4.69, 9.17) is 10.00 Å². The number of sulfonamides is 1. The maximum atomic E-state index is 14.5. The molecule has 3 rings (SSSR count). The number of anilines is 1. The normalized spacial score (nSPS) is 17.6. The summed E-state index contributed by atoms with van der Waals surface area (Å²) in [6.07, 6.45) is 0. The molecule has 0 saturated heterocycles. The molecule has 0 aliphatic carbocycles. The van der Waals surface area contributed by atoms with Crippen LogP contribution in [0.5, 0.6) is 5.75 Å². The van der Waals surface area contributed by atoms with E-state index in [1.54, 1.807) is 19.9 Å². The van der Waals surface area contributed by atoms with E-state index in [1.807, 2.05) is 0 Å². The Kier molecular flexibility index (Phi) is 5.55. The molecule has 1 atom stereocenters. The van der Waals surface area contributed by atoms with Crippen LogP contribution < -0.4 is 14.8 Å². The molecule has 1 aliphatic rings. The average molecular weight is 421 g/mol. The molecule has 152 valence electrons. The Morgan fingerprint density at radius 1 is 1.28 bits per heavy atom. The molecule has 0 aromatic heterocycles. The fourth-order valence-corrected chi connectivity index (χ4v) is 4.30. The highest BCUT2D eigenvalue weighted by atomic mass is 32.2. The quantitative estimate of drug-likeness (QED) is 0.792. The lowest BCUT2D eigenvalue weighted by molar-refractivity contribution is 0.101. The highest BCUT2D eigenvalue weighted by Crippen LogP contribution is 2.33. The van der Waals surface area contributed by atoms with E-state index >= 15 is 0 Å². The minimum absolute atomic E-state index is 0.0413. The van der Waals surface area contributed by atoms with Gasteiger partial charge in [-0.15, -0.1) is 0 Å². The van der Waals surface area contributed by atoms with Crippen molar-refractivity contribution in [1.29, 1.82) is 5.26 Å². The number of hydrogen-bond donors (Lipinski definition) is 2. The van der Waals surface area contributed by atoms with Crippen LogP contribution in [-0.2, 0) is 10.0 Å². The monoisotopic (exact) mass is 421 g/mol. The van der Waals surface area contributed by atoms with Crippen molar-refractivity contribution in [3.63, 3.8) is 0 Å². The van der Waals surface area contributed by atoms with Gasteiger partial charge in [0.1, 0.15) is 34.8 Å². The summed E-state index contributed by atoms with van der Waals surface area (Å²) >= 11 is 0. The van der Waals surface area contributed by atoms with Crippen LogP contribution in [0.2, 0.25) is 0 Å². The molecule has 0 bridgehead atoms. The molecular formula is C19H17F2N3O4S. The molecule has 2 N–H and O–H groups in total. The van der Waals surface area contributed by atoms with Crippen LogP contribution in [0, 0.1) is 28.9 Å². The van der Waals surface area contributed by atoms with Gasteiger partial charge in [-0.1, -0.05) is 13.8 Å². The third-order valence-electron chi connectivity index (χ3n) is 4.45. The predicted octanol–water partition coefficient (Wildman–Crippen LogP) is 2.78. The van der Waals surface area contributed by atoms with E-state index in [2.05, 4.69) is 10.0 Å². The number of nitrogens with zero attached hydrogens (tertiary/aromatic N) is 1. The predicted molar refractivity (Wildman–Crippen MR) is 99.9 cm³/mol. The molecule has 29 heavy (non-hydrogen) atoms. The van der Waals surface area contributed by atoms with Crippen molar-refractivity contribution in [2.75, 3.05) is 11.9 Å². The van der Waals surface area contributed by atoms with Gasteiger partial charge in [-0.25, -0.2) is 21.9 Å². The lowest BCUT2D eigenvalue weighted by atomic mass is 10.1. The zero-order valence-corrected chi connectivity index (χ0v) is 16.3. The first-order chi connectivity index (χ1) is 13.6. The second-order valence-corrected chi connectivity index (χ2v) is 8.48. The molecule has 1 amide bonds. The fraction of sp³-hybridized carbons (Fsp3) is 0.263. The molecule has 0 saturated carbocycles. The van der Waals surface area contributed by atoms with Crippen molar-refractivity contribution in [2.24, 2.45) is 5.92 Å². The van der Waals surface area contributed by atoms with E-state index in [-0.39, 0.29) is 28.7 Å². The lowest BCUT2D eigenvalue weighted by Crippen LogP contribution is -2.40. The SMILES string of the molecule is CC(C)[C@@H]1COc2c(ccc(F)c2C(=O)Nc2ccc(F)c(C#N)c2)S(=O)(=O)N1. The van der Waals surface area contributed by atoms with Gasteiger partial charge in [-0.05, 0) is 36.2 Å². The molecule has 2 aromatic rings. The van der Waals surface area contributed by atoms with E-state index in [0.29, 0.717) is 0 Å². The minimum atomic E-state index is -4.05. The summed E-state index contributed by atoms with van der Waals surface area (Å²) in [6.45, 7) is 3.49. The van der Waals surface area contributed by atoms with Crippen LogP contribution in [0.3, 0.4) is 0 Å². The number of nitrogens with one attached hydrogen (secondary N) is 2. The number of fused-ring (bicyclic) bond motifs is 1. The van der Waals surface area contributed by atoms with Crippen LogP contribution in [-0.4, -0.2) is 27.0 Å². The fourth-order valence-electron chi connectivity index (χ4n) is 2.79. The van der Waals surface area contributed by atoms with E-state index in [1.165, 1.54) is 6.07 Å². The average Bonchev–Trinajstić information content (AvgIpc) is 2.79. The van der Waals surface area contributed by atoms with Crippen LogP contribution >= 0.6 is 0 Å². The molecule has 0 unspecified atom stereocenters. The van der Waals surface area contributed by atoms with Gasteiger partial charge in [0.2, 0.25) is 10.0 Å². The van der Waals surface area contributed by atoms with E-state index in [0.717, 1.165) is 24.3 Å². The number of ether oxygens (including phenoxy) is 1. The van der Waals surface area contributed by atoms with Crippen molar-refractivity contribution in [3.05, 3.63) is 53.1 Å². The Labute approximate surface area is 166 Å². The Balaban J connectivity index is 2.04. The van der Waals surface area contributed by atoms with Crippen molar-refractivity contribution < 1.29 is 26.7 Å². The van der Waals surface area contributed by atoms with Crippen molar-refractivity contribution in [3.8, 4) is 11.8 Å². The summed E-state index contributed by atoms with van der Waals surface area (Å²) in [5.74, 6) is -3.26. The zero-order chi connectivity index (χ0) is 21.3. The Morgan fingerprint density at radius 3 is 2.62 bits per heavy atom. The molecule has 1 heterocycles. The second kappa shape index (κ2) is 7.77. The second-order valence-electron chi connectivity index (χ2n) is 6.79. The highest BCUT2D eigenvalue weighted by molar-refractivity contribution is 7.89. The number of halogens is 2. The first-order valence-electron chi connectivity index (χ1n) is 8.62. The molecule has 10 heteroatoms. The summed E-state index contributed by atoms with van der Waals surface area (Å²) in [5.41, 5.74) is -0.863. The molecule has 0 radical (unpaired) electrons. The summed E-state index contributed by atoms with van der Waals surface area (Å²) in [4.78, 5) is 12.3. The smallest absolute Gasteiger partial charge is 0.262 e. The number of carbonyl (C=O) groups excluding carboxylic acids is 1. The Hall–Kier alpha value is -3.03. The number of carbonyl (C=O) groups is 1. The van der Waals surface area contributed by atoms with Gasteiger partial charge in [0.05, 0.1) is 11.6 Å². The van der Waals surface area contributed by atoms with E-state index < -0.39 is 44.9 Å². The third kappa shape index (κ3) is 4.06. The summed E-state index contributed by atoms with van der Waals surface area (Å²) in [6, 6.07) is 6.21. The highest BCUT2D eigenvalue weighted by Gasteiger charge is 2.34. The van der Waals surface area contributed by atoms with Gasteiger partial charge in [0.25, 0.3) is 5.91 Å². The Morgan fingerprint density at radius 2 is 1.97 bits per heavy atom. The van der Waals surface area contributed by atoms with Crippen LogP contribution in [0.4, 0.5) is 14.5 Å². The first kappa shape index (κ1) is 20.7. The van der Waals surface area contributed by atoms with Crippen LogP contribution in [0.1, 0.15) is 29.8 Å². The molecule has 0 spiro atoms. The maximum absolute atomic E-state index is 14.5. The van der Waals surface area contributed by atoms with Crippen LogP contribution in [0.25, 0.3) is 0 Å². The molecular weight excluding hydrogens is 404 g/mol. The van der Waals surface area contributed by atoms with Crippen molar-refractivity contribution >= 4 is 21.6 Å². The van der Waals surface area contributed by atoms with Gasteiger partial charge in [0, 0.05) is 5.69 Å². The number of nitriles is 1. The molecule has 0 fully saturated rings. The van der Waals surface area contributed by atoms with Gasteiger partial charge in [-0.3, -0.25) is 4.79 Å². The summed E-state index contributed by atoms with van der Waals surface area (Å²) in [7, 11) is -4.05. The number of hydrogen-bond acceptors (Lipinski definition) is 5. The van der Waals surface area contributed by atoms with Crippen molar-refractivity contribution in [2.45, 2.75) is 24.8 Å². The number of amides is 1. The molecule has 7 nitrogen and oxygen atoms in total.